The molecule has 1 fully saturated rings. The number of phenols is 1. The van der Waals surface area contributed by atoms with E-state index >= 15 is 0 Å². The molecule has 0 amide bonds. The molecule has 2 heterocycles. The number of likely N-dealkylation sites (N-methyl/N-ethyl adjacent to an activating group) is 1. The fourth-order valence-electron chi connectivity index (χ4n) is 3.81. The van der Waals surface area contributed by atoms with Gasteiger partial charge < -0.3 is 14.9 Å². The van der Waals surface area contributed by atoms with Crippen molar-refractivity contribution in [1.82, 2.24) is 20.2 Å². The Morgan fingerprint density at radius 2 is 1.71 bits per heavy atom. The molecule has 0 radical (unpaired) electrons. The summed E-state index contributed by atoms with van der Waals surface area (Å²) in [5.41, 5.74) is 2.01. The molecule has 1 atom stereocenters. The first-order valence-corrected chi connectivity index (χ1v) is 9.55. The average Bonchev–Trinajstić information content (AvgIpc) is 3.14. The number of piperazine rings is 1. The van der Waals surface area contributed by atoms with Crippen LogP contribution in [0.1, 0.15) is 23.0 Å². The molecule has 7 nitrogen and oxygen atoms in total. The van der Waals surface area contributed by atoms with Gasteiger partial charge in [0.25, 0.3) is 0 Å². The van der Waals surface area contributed by atoms with Crippen LogP contribution in [0.25, 0.3) is 0 Å². The minimum atomic E-state index is -0.257. The van der Waals surface area contributed by atoms with Gasteiger partial charge in [-0.3, -0.25) is 0 Å². The number of hydrogen-bond acceptors (Lipinski definition) is 4. The van der Waals surface area contributed by atoms with Gasteiger partial charge in [0.15, 0.2) is 6.04 Å². The summed E-state index contributed by atoms with van der Waals surface area (Å²) in [5.74, 6) is 0.767. The highest BCUT2D eigenvalue weighted by Gasteiger charge is 2.34. The Morgan fingerprint density at radius 3 is 2.39 bits per heavy atom. The van der Waals surface area contributed by atoms with Gasteiger partial charge in [-0.1, -0.05) is 12.1 Å². The van der Waals surface area contributed by atoms with E-state index in [2.05, 4.69) is 22.6 Å². The quantitative estimate of drug-likeness (QED) is 0.532. The van der Waals surface area contributed by atoms with Crippen molar-refractivity contribution in [3.05, 3.63) is 71.3 Å². The van der Waals surface area contributed by atoms with Gasteiger partial charge in [-0.2, -0.15) is 0 Å². The van der Waals surface area contributed by atoms with Crippen molar-refractivity contribution in [1.29, 1.82) is 0 Å². The molecule has 146 valence electrons. The highest BCUT2D eigenvalue weighted by Crippen LogP contribution is 2.20. The maximum absolute atomic E-state index is 13.2. The second-order valence-electron chi connectivity index (χ2n) is 7.46. The number of phenolic OH excluding ortho intramolecular Hbond substituents is 1. The van der Waals surface area contributed by atoms with E-state index in [0.717, 1.165) is 43.1 Å². The smallest absolute Gasteiger partial charge is 0.214 e. The van der Waals surface area contributed by atoms with E-state index in [4.69, 9.17) is 0 Å². The third kappa shape index (κ3) is 4.02. The summed E-state index contributed by atoms with van der Waals surface area (Å²) in [6, 6.07) is 13.7. The van der Waals surface area contributed by atoms with E-state index in [1.165, 1.54) is 21.9 Å². The molecule has 1 saturated heterocycles. The highest BCUT2D eigenvalue weighted by atomic mass is 19.1. The van der Waals surface area contributed by atoms with Crippen molar-refractivity contribution in [3.63, 3.8) is 0 Å². The first-order valence-electron chi connectivity index (χ1n) is 9.55. The molecule has 0 spiro atoms. The van der Waals surface area contributed by atoms with Crippen LogP contribution in [0, 0.1) is 5.82 Å². The average molecular weight is 384 g/mol. The van der Waals surface area contributed by atoms with Crippen LogP contribution in [0.4, 0.5) is 4.39 Å². The van der Waals surface area contributed by atoms with Crippen LogP contribution >= 0.6 is 0 Å². The second-order valence-corrected chi connectivity index (χ2v) is 7.46. The summed E-state index contributed by atoms with van der Waals surface area (Å²) in [6.45, 7) is 4.68. The Kier molecular flexibility index (Phi) is 5.31. The predicted molar refractivity (Wildman–Crippen MR) is 101 cm³/mol. The zero-order valence-electron chi connectivity index (χ0n) is 15.8. The minimum absolute atomic E-state index is 0.0239. The van der Waals surface area contributed by atoms with E-state index in [0.29, 0.717) is 6.54 Å². The molecule has 8 heteroatoms. The standard InChI is InChI=1S/C20H23FN6O/c1-25-10-12-26(13-11-25)19(16-4-8-18(28)9-5-16)20-22-23-24-27(20)14-15-2-6-17(21)7-3-15/h2-9,19,28H,10-14H2,1H3/p+2/t19-/m1/s1. The van der Waals surface area contributed by atoms with Crippen molar-refractivity contribution in [2.24, 2.45) is 0 Å². The number of aromatic nitrogens is 4. The number of rotatable bonds is 5. The number of quaternary nitrogens is 2. The van der Waals surface area contributed by atoms with Crippen molar-refractivity contribution in [3.8, 4) is 5.75 Å². The van der Waals surface area contributed by atoms with Crippen LogP contribution < -0.4 is 9.80 Å². The van der Waals surface area contributed by atoms with Crippen LogP contribution in [-0.4, -0.2) is 58.5 Å². The van der Waals surface area contributed by atoms with Gasteiger partial charge in [0.05, 0.1) is 13.6 Å². The SMILES string of the molecule is C[NH+]1CC[NH+]([C@H](c2ccc(O)cc2)c2nnnn2Cc2ccc(F)cc2)CC1. The number of benzene rings is 2. The molecule has 0 unspecified atom stereocenters. The molecule has 3 N–H and O–H groups in total. The Hall–Kier alpha value is -2.84. The second kappa shape index (κ2) is 8.04. The van der Waals surface area contributed by atoms with Crippen LogP contribution in [0.2, 0.25) is 0 Å². The first kappa shape index (κ1) is 18.5. The van der Waals surface area contributed by atoms with E-state index in [1.54, 1.807) is 28.9 Å². The number of halogens is 1. The van der Waals surface area contributed by atoms with Crippen molar-refractivity contribution < 1.29 is 19.3 Å². The molecule has 1 aliphatic rings. The Balaban J connectivity index is 1.67. The fraction of sp³-hybridized carbons (Fsp3) is 0.350. The molecular weight excluding hydrogens is 359 g/mol. The Labute approximate surface area is 163 Å². The molecule has 4 rings (SSSR count). The van der Waals surface area contributed by atoms with Gasteiger partial charge in [0.2, 0.25) is 5.82 Å². The van der Waals surface area contributed by atoms with Crippen molar-refractivity contribution >= 4 is 0 Å². The van der Waals surface area contributed by atoms with Gasteiger partial charge in [-0.25, -0.2) is 9.07 Å². The monoisotopic (exact) mass is 384 g/mol. The lowest BCUT2D eigenvalue weighted by atomic mass is 10.0. The zero-order valence-corrected chi connectivity index (χ0v) is 15.8. The largest absolute Gasteiger partial charge is 0.508 e. The van der Waals surface area contributed by atoms with E-state index < -0.39 is 0 Å². The normalized spacial score (nSPS) is 20.8. The number of nitrogens with one attached hydrogen (secondary N) is 2. The third-order valence-corrected chi connectivity index (χ3v) is 5.44. The topological polar surface area (TPSA) is 72.7 Å². The van der Waals surface area contributed by atoms with Crippen molar-refractivity contribution in [2.75, 3.05) is 33.2 Å². The Bertz CT molecular complexity index is 903. The maximum atomic E-state index is 13.2. The fourth-order valence-corrected chi connectivity index (χ4v) is 3.81. The van der Waals surface area contributed by atoms with Crippen LogP contribution in [0.15, 0.2) is 48.5 Å². The number of tetrazole rings is 1. The third-order valence-electron chi connectivity index (χ3n) is 5.44. The first-order chi connectivity index (χ1) is 13.6. The predicted octanol–water partition coefficient (Wildman–Crippen LogP) is -0.931. The van der Waals surface area contributed by atoms with Crippen LogP contribution in [0.3, 0.4) is 0 Å². The molecule has 3 aromatic rings. The molecule has 1 aliphatic heterocycles. The molecule has 0 aliphatic carbocycles. The zero-order chi connectivity index (χ0) is 19.5. The van der Waals surface area contributed by atoms with Gasteiger partial charge in [-0.15, -0.1) is 5.10 Å². The molecular formula is C20H25FN6O+2. The number of aromatic hydroxyl groups is 1. The summed E-state index contributed by atoms with van der Waals surface area (Å²) in [5, 5.41) is 22.2. The van der Waals surface area contributed by atoms with Crippen LogP contribution in [0.5, 0.6) is 5.75 Å². The molecule has 28 heavy (non-hydrogen) atoms. The lowest BCUT2D eigenvalue weighted by Gasteiger charge is -2.32. The van der Waals surface area contributed by atoms with Gasteiger partial charge in [-0.05, 0) is 52.4 Å². The van der Waals surface area contributed by atoms with Crippen LogP contribution in [-0.2, 0) is 6.54 Å². The van der Waals surface area contributed by atoms with Crippen molar-refractivity contribution in [2.45, 2.75) is 12.6 Å². The molecule has 2 aromatic carbocycles. The number of hydrogen-bond donors (Lipinski definition) is 3. The highest BCUT2D eigenvalue weighted by molar-refractivity contribution is 5.30. The molecule has 0 bridgehead atoms. The van der Waals surface area contributed by atoms with E-state index in [9.17, 15) is 9.50 Å². The lowest BCUT2D eigenvalue weighted by molar-refractivity contribution is -1.02. The Morgan fingerprint density at radius 1 is 1.04 bits per heavy atom. The number of nitrogens with zero attached hydrogens (tertiary/aromatic N) is 4. The summed E-state index contributed by atoms with van der Waals surface area (Å²) in [4.78, 5) is 2.94. The van der Waals surface area contributed by atoms with Gasteiger partial charge in [0, 0.05) is 5.56 Å². The van der Waals surface area contributed by atoms with E-state index in [1.807, 2.05) is 12.1 Å². The molecule has 0 saturated carbocycles. The van der Waals surface area contributed by atoms with E-state index in [-0.39, 0.29) is 17.6 Å². The summed E-state index contributed by atoms with van der Waals surface area (Å²) in [7, 11) is 2.21. The van der Waals surface area contributed by atoms with Gasteiger partial charge >= 0.3 is 0 Å². The van der Waals surface area contributed by atoms with Gasteiger partial charge in [0.1, 0.15) is 37.7 Å². The minimum Gasteiger partial charge on any atom is -0.508 e. The summed E-state index contributed by atoms with van der Waals surface area (Å²) >= 11 is 0. The lowest BCUT2D eigenvalue weighted by Crippen LogP contribution is -3.27. The maximum Gasteiger partial charge on any atom is 0.214 e. The summed E-state index contributed by atoms with van der Waals surface area (Å²) < 4.78 is 15.0. The molecule has 1 aromatic heterocycles. The summed E-state index contributed by atoms with van der Waals surface area (Å²) in [6.07, 6.45) is 0.